The van der Waals surface area contributed by atoms with Gasteiger partial charge in [0, 0.05) is 12.1 Å². The molecule has 3 aromatic carbocycles. The predicted octanol–water partition coefficient (Wildman–Crippen LogP) is 4.08. The molecule has 0 heterocycles. The number of carbonyl (C=O) groups excluding carboxylic acids is 1. The molecule has 0 amide bonds. The zero-order chi connectivity index (χ0) is 17.8. The van der Waals surface area contributed by atoms with Crippen molar-refractivity contribution in [3.8, 4) is 23.0 Å². The van der Waals surface area contributed by atoms with Crippen molar-refractivity contribution in [2.45, 2.75) is 0 Å². The first-order valence-electron chi connectivity index (χ1n) is 7.67. The fourth-order valence-corrected chi connectivity index (χ4v) is 2.60. The number of methoxy groups -OCH3 is 3. The Morgan fingerprint density at radius 1 is 0.760 bits per heavy atom. The average Bonchev–Trinajstić information content (AvgIpc) is 2.66. The first-order valence-corrected chi connectivity index (χ1v) is 7.67. The summed E-state index contributed by atoms with van der Waals surface area (Å²) in [6, 6.07) is 16.4. The maximum absolute atomic E-state index is 12.5. The number of fused-ring (bicyclic) bond motifs is 1. The first kappa shape index (κ1) is 16.6. The third-order valence-corrected chi connectivity index (χ3v) is 3.83. The minimum absolute atomic E-state index is 0.313. The van der Waals surface area contributed by atoms with E-state index in [2.05, 4.69) is 0 Å². The molecule has 0 N–H and O–H groups in total. The topological polar surface area (TPSA) is 54.0 Å². The molecule has 0 fully saturated rings. The minimum Gasteiger partial charge on any atom is -0.493 e. The second-order valence-electron chi connectivity index (χ2n) is 5.31. The maximum atomic E-state index is 12.5. The number of rotatable bonds is 5. The zero-order valence-electron chi connectivity index (χ0n) is 14.2. The van der Waals surface area contributed by atoms with E-state index < -0.39 is 5.97 Å². The Kier molecular flexibility index (Phi) is 4.75. The highest BCUT2D eigenvalue weighted by molar-refractivity contribution is 5.96. The highest BCUT2D eigenvalue weighted by Crippen LogP contribution is 2.40. The van der Waals surface area contributed by atoms with E-state index in [4.69, 9.17) is 18.9 Å². The SMILES string of the molecule is COc1cc(OC(=O)c2ccc3ccccc3c2)cc(OC)c1OC. The van der Waals surface area contributed by atoms with Crippen molar-refractivity contribution in [2.24, 2.45) is 0 Å². The Bertz CT molecular complexity index is 892. The van der Waals surface area contributed by atoms with Crippen LogP contribution in [0.25, 0.3) is 10.8 Å². The number of hydrogen-bond donors (Lipinski definition) is 0. The lowest BCUT2D eigenvalue weighted by molar-refractivity contribution is 0.0734. The Hall–Kier alpha value is -3.21. The third-order valence-electron chi connectivity index (χ3n) is 3.83. The molecule has 25 heavy (non-hydrogen) atoms. The summed E-state index contributed by atoms with van der Waals surface area (Å²) in [5.74, 6) is 1.13. The Morgan fingerprint density at radius 3 is 2.00 bits per heavy atom. The molecule has 0 saturated heterocycles. The second kappa shape index (κ2) is 7.13. The monoisotopic (exact) mass is 338 g/mol. The molecule has 0 aliphatic carbocycles. The molecule has 0 aromatic heterocycles. The molecule has 0 aliphatic rings. The molecule has 0 saturated carbocycles. The van der Waals surface area contributed by atoms with Crippen LogP contribution in [-0.2, 0) is 0 Å². The summed E-state index contributed by atoms with van der Waals surface area (Å²) >= 11 is 0. The standard InChI is InChI=1S/C20H18O5/c1-22-17-11-16(12-18(23-2)19(17)24-3)25-20(21)15-9-8-13-6-4-5-7-14(13)10-15/h4-12H,1-3H3. The molecule has 128 valence electrons. The molecule has 0 spiro atoms. The van der Waals surface area contributed by atoms with Crippen molar-refractivity contribution >= 4 is 16.7 Å². The summed E-state index contributed by atoms with van der Waals surface area (Å²) in [5.41, 5.74) is 0.465. The molecule has 0 bridgehead atoms. The maximum Gasteiger partial charge on any atom is 0.343 e. The Labute approximate surface area is 145 Å². The van der Waals surface area contributed by atoms with E-state index in [0.29, 0.717) is 28.6 Å². The van der Waals surface area contributed by atoms with Crippen molar-refractivity contribution < 1.29 is 23.7 Å². The summed E-state index contributed by atoms with van der Waals surface area (Å²) in [5, 5.41) is 2.04. The highest BCUT2D eigenvalue weighted by Gasteiger charge is 2.16. The number of carbonyl (C=O) groups is 1. The average molecular weight is 338 g/mol. The van der Waals surface area contributed by atoms with Crippen molar-refractivity contribution in [2.75, 3.05) is 21.3 Å². The number of esters is 1. The van der Waals surface area contributed by atoms with E-state index in [9.17, 15) is 4.79 Å². The molecule has 0 aliphatic heterocycles. The second-order valence-corrected chi connectivity index (χ2v) is 5.31. The van der Waals surface area contributed by atoms with Gasteiger partial charge in [0.2, 0.25) is 5.75 Å². The fourth-order valence-electron chi connectivity index (χ4n) is 2.60. The van der Waals surface area contributed by atoms with Crippen molar-refractivity contribution in [3.05, 3.63) is 60.2 Å². The lowest BCUT2D eigenvalue weighted by atomic mass is 10.1. The van der Waals surface area contributed by atoms with Gasteiger partial charge in [0.15, 0.2) is 11.5 Å². The van der Waals surface area contributed by atoms with E-state index in [-0.39, 0.29) is 0 Å². The van der Waals surface area contributed by atoms with Gasteiger partial charge in [-0.25, -0.2) is 4.79 Å². The minimum atomic E-state index is -0.458. The normalized spacial score (nSPS) is 10.4. The molecule has 5 nitrogen and oxygen atoms in total. The van der Waals surface area contributed by atoms with Gasteiger partial charge in [-0.1, -0.05) is 30.3 Å². The highest BCUT2D eigenvalue weighted by atomic mass is 16.5. The predicted molar refractivity (Wildman–Crippen MR) is 95.0 cm³/mol. The summed E-state index contributed by atoms with van der Waals surface area (Å²) < 4.78 is 21.3. The smallest absolute Gasteiger partial charge is 0.343 e. The molecule has 3 rings (SSSR count). The van der Waals surface area contributed by atoms with Crippen LogP contribution >= 0.6 is 0 Å². The van der Waals surface area contributed by atoms with Crippen LogP contribution in [0.15, 0.2) is 54.6 Å². The van der Waals surface area contributed by atoms with Crippen LogP contribution in [0.2, 0.25) is 0 Å². The van der Waals surface area contributed by atoms with Gasteiger partial charge in [0.05, 0.1) is 26.9 Å². The Balaban J connectivity index is 1.91. The van der Waals surface area contributed by atoms with Crippen LogP contribution in [0.3, 0.4) is 0 Å². The molecule has 5 heteroatoms. The van der Waals surface area contributed by atoms with Crippen LogP contribution in [0.4, 0.5) is 0 Å². The quantitative estimate of drug-likeness (QED) is 0.518. The van der Waals surface area contributed by atoms with Gasteiger partial charge < -0.3 is 18.9 Å². The molecule has 0 unspecified atom stereocenters. The third kappa shape index (κ3) is 3.35. The Morgan fingerprint density at radius 2 is 1.40 bits per heavy atom. The van der Waals surface area contributed by atoms with Crippen molar-refractivity contribution in [3.63, 3.8) is 0 Å². The van der Waals surface area contributed by atoms with Gasteiger partial charge in [-0.05, 0) is 22.9 Å². The van der Waals surface area contributed by atoms with Gasteiger partial charge in [0.1, 0.15) is 5.75 Å². The van der Waals surface area contributed by atoms with Gasteiger partial charge in [-0.3, -0.25) is 0 Å². The van der Waals surface area contributed by atoms with Gasteiger partial charge >= 0.3 is 5.97 Å². The van der Waals surface area contributed by atoms with Crippen LogP contribution in [0.5, 0.6) is 23.0 Å². The summed E-state index contributed by atoms with van der Waals surface area (Å²) in [7, 11) is 4.53. The molecule has 0 radical (unpaired) electrons. The number of hydrogen-bond acceptors (Lipinski definition) is 5. The van der Waals surface area contributed by atoms with E-state index >= 15 is 0 Å². The fraction of sp³-hybridized carbons (Fsp3) is 0.150. The summed E-state index contributed by atoms with van der Waals surface area (Å²) in [6.07, 6.45) is 0. The van der Waals surface area contributed by atoms with Crippen molar-refractivity contribution in [1.29, 1.82) is 0 Å². The molecule has 0 atom stereocenters. The van der Waals surface area contributed by atoms with Gasteiger partial charge in [-0.15, -0.1) is 0 Å². The van der Waals surface area contributed by atoms with E-state index in [1.807, 2.05) is 30.3 Å². The molecular formula is C20H18O5. The number of benzene rings is 3. The zero-order valence-corrected chi connectivity index (χ0v) is 14.2. The van der Waals surface area contributed by atoms with Gasteiger partial charge in [0.25, 0.3) is 0 Å². The van der Waals surface area contributed by atoms with Crippen molar-refractivity contribution in [1.82, 2.24) is 0 Å². The molecule has 3 aromatic rings. The van der Waals surface area contributed by atoms with Crippen LogP contribution in [-0.4, -0.2) is 27.3 Å². The van der Waals surface area contributed by atoms with Crippen LogP contribution in [0.1, 0.15) is 10.4 Å². The summed E-state index contributed by atoms with van der Waals surface area (Å²) in [6.45, 7) is 0. The van der Waals surface area contributed by atoms with Crippen LogP contribution in [0, 0.1) is 0 Å². The lowest BCUT2D eigenvalue weighted by Crippen LogP contribution is -2.09. The molecular weight excluding hydrogens is 320 g/mol. The van der Waals surface area contributed by atoms with E-state index in [0.717, 1.165) is 10.8 Å². The lowest BCUT2D eigenvalue weighted by Gasteiger charge is -2.14. The van der Waals surface area contributed by atoms with Crippen LogP contribution < -0.4 is 18.9 Å². The first-order chi connectivity index (χ1) is 12.2. The summed E-state index contributed by atoms with van der Waals surface area (Å²) in [4.78, 5) is 12.5. The van der Waals surface area contributed by atoms with E-state index in [1.165, 1.54) is 21.3 Å². The van der Waals surface area contributed by atoms with Gasteiger partial charge in [-0.2, -0.15) is 0 Å². The van der Waals surface area contributed by atoms with E-state index in [1.54, 1.807) is 24.3 Å². The number of ether oxygens (including phenoxy) is 4. The largest absolute Gasteiger partial charge is 0.493 e.